The molecule has 44 heavy (non-hydrogen) atoms. The second kappa shape index (κ2) is 23.5. The van der Waals surface area contributed by atoms with Gasteiger partial charge in [0.1, 0.15) is 0 Å². The van der Waals surface area contributed by atoms with E-state index in [0.717, 1.165) is 63.6 Å². The fourth-order valence-electron chi connectivity index (χ4n) is 5.09. The summed E-state index contributed by atoms with van der Waals surface area (Å²) in [5.41, 5.74) is 0. The zero-order valence-electron chi connectivity index (χ0n) is 30.7. The first-order valence-electron chi connectivity index (χ1n) is 17.4. The molecule has 0 rings (SSSR count). The van der Waals surface area contributed by atoms with Crippen LogP contribution < -0.4 is 21.3 Å². The molecule has 0 amide bonds. The number of rotatable bonds is 27. The first kappa shape index (κ1) is 43.2. The molecule has 0 aromatic carbocycles. The molecule has 9 nitrogen and oxygen atoms in total. The molecule has 0 saturated carbocycles. The third-order valence-electron chi connectivity index (χ3n) is 8.59. The highest BCUT2D eigenvalue weighted by molar-refractivity contribution is 6.84. The van der Waals surface area contributed by atoms with Crippen molar-refractivity contribution >= 4 is 28.6 Å². The normalized spacial score (nSPS) is 16.5. The lowest BCUT2D eigenvalue weighted by Gasteiger charge is -2.34. The third kappa shape index (κ3) is 22.6. The predicted octanol–water partition coefficient (Wildman–Crippen LogP) is 5.67. The lowest BCUT2D eigenvalue weighted by atomic mass is 10.1. The van der Waals surface area contributed by atoms with Crippen LogP contribution in [0, 0.1) is 11.8 Å². The number of hydrogen-bond donors (Lipinski definition) is 4. The molecule has 0 aliphatic heterocycles. The average molecular weight is 661 g/mol. The van der Waals surface area contributed by atoms with Crippen LogP contribution in [0.25, 0.3) is 0 Å². The molecule has 0 aliphatic carbocycles. The highest BCUT2D eigenvalue weighted by atomic mass is 28.4. The van der Waals surface area contributed by atoms with Gasteiger partial charge in [-0.2, -0.15) is 0 Å². The maximum absolute atomic E-state index is 12.5. The molecule has 6 unspecified atom stereocenters. The number of esters is 2. The van der Waals surface area contributed by atoms with Crippen molar-refractivity contribution in [3.05, 3.63) is 0 Å². The van der Waals surface area contributed by atoms with Gasteiger partial charge in [0.15, 0.2) is 16.6 Å². The molecule has 0 radical (unpaired) electrons. The Morgan fingerprint density at radius 3 is 1.45 bits per heavy atom. The predicted molar refractivity (Wildman–Crippen MR) is 190 cm³/mol. The Bertz CT molecular complexity index is 774. The molecule has 6 atom stereocenters. The Kier molecular flexibility index (Phi) is 23.0. The molecule has 11 heteroatoms. The van der Waals surface area contributed by atoms with Crippen LogP contribution in [0.3, 0.4) is 0 Å². The highest BCUT2D eigenvalue weighted by Gasteiger charge is 2.32. The summed E-state index contributed by atoms with van der Waals surface area (Å²) in [5.74, 6) is -0.501. The van der Waals surface area contributed by atoms with E-state index in [-0.39, 0.29) is 23.8 Å². The van der Waals surface area contributed by atoms with E-state index in [0.29, 0.717) is 43.9 Å². The summed E-state index contributed by atoms with van der Waals surface area (Å²) < 4.78 is 17.9. The minimum absolute atomic E-state index is 0.104. The second-order valence-electron chi connectivity index (χ2n) is 14.5. The van der Waals surface area contributed by atoms with Crippen molar-refractivity contribution in [3.8, 4) is 0 Å². The summed E-state index contributed by atoms with van der Waals surface area (Å²) in [7, 11) is 0.192. The minimum Gasteiger partial charge on any atom is -0.465 e. The van der Waals surface area contributed by atoms with Crippen LogP contribution in [-0.4, -0.2) is 93.1 Å². The number of carbonyl (C=O) groups excluding carboxylic acids is 2. The van der Waals surface area contributed by atoms with E-state index in [1.165, 1.54) is 0 Å². The van der Waals surface area contributed by atoms with Gasteiger partial charge < -0.3 is 34.9 Å². The Labute approximate surface area is 273 Å². The minimum atomic E-state index is -1.89. The SMILES string of the molecule is CNC(C)CCC(C)NCCC(C)C(=O)OCCC[Si](C)(C)O[Si](C)(C)CCCOC(=O)C(C)CNC(C)CCC(C)NC. The first-order valence-corrected chi connectivity index (χ1v) is 23.6. The molecule has 262 valence electrons. The Hall–Kier alpha value is -0.826. The zero-order chi connectivity index (χ0) is 33.8. The van der Waals surface area contributed by atoms with E-state index < -0.39 is 16.6 Å². The smallest absolute Gasteiger partial charge is 0.309 e. The highest BCUT2D eigenvalue weighted by Crippen LogP contribution is 2.24. The fourth-order valence-corrected chi connectivity index (χ4v) is 13.9. The summed E-state index contributed by atoms with van der Waals surface area (Å²) in [4.78, 5) is 24.9. The molecule has 0 aliphatic rings. The van der Waals surface area contributed by atoms with E-state index in [1.807, 2.05) is 27.9 Å². The molecule has 0 heterocycles. The van der Waals surface area contributed by atoms with Crippen LogP contribution in [0.1, 0.15) is 86.5 Å². The van der Waals surface area contributed by atoms with E-state index >= 15 is 0 Å². The molecule has 0 fully saturated rings. The number of carbonyl (C=O) groups is 2. The summed E-state index contributed by atoms with van der Waals surface area (Å²) in [6.45, 7) is 24.0. The molecular formula is C33H72N4O5Si2. The van der Waals surface area contributed by atoms with Crippen molar-refractivity contribution in [3.63, 3.8) is 0 Å². The first-order chi connectivity index (χ1) is 20.5. The summed E-state index contributed by atoms with van der Waals surface area (Å²) in [6, 6.07) is 3.75. The van der Waals surface area contributed by atoms with E-state index in [9.17, 15) is 9.59 Å². The molecular weight excluding hydrogens is 589 g/mol. The maximum atomic E-state index is 12.5. The number of hydrogen-bond acceptors (Lipinski definition) is 9. The molecule has 4 N–H and O–H groups in total. The van der Waals surface area contributed by atoms with Crippen molar-refractivity contribution in [1.29, 1.82) is 0 Å². The Morgan fingerprint density at radius 1 is 0.591 bits per heavy atom. The largest absolute Gasteiger partial charge is 0.465 e. The Balaban J connectivity index is 4.18. The van der Waals surface area contributed by atoms with Gasteiger partial charge in [0.05, 0.1) is 25.0 Å². The van der Waals surface area contributed by atoms with Crippen LogP contribution in [0.4, 0.5) is 0 Å². The van der Waals surface area contributed by atoms with Crippen molar-refractivity contribution in [2.45, 2.75) is 149 Å². The van der Waals surface area contributed by atoms with Crippen molar-refractivity contribution in [1.82, 2.24) is 21.3 Å². The van der Waals surface area contributed by atoms with Crippen molar-refractivity contribution in [2.24, 2.45) is 11.8 Å². The molecule has 0 saturated heterocycles. The van der Waals surface area contributed by atoms with Gasteiger partial charge in [0.25, 0.3) is 0 Å². The van der Waals surface area contributed by atoms with Crippen LogP contribution >= 0.6 is 0 Å². The number of ether oxygens (including phenoxy) is 2. The molecule has 0 aromatic rings. The van der Waals surface area contributed by atoms with E-state index in [4.69, 9.17) is 13.6 Å². The fraction of sp³-hybridized carbons (Fsp3) is 0.939. The van der Waals surface area contributed by atoms with Gasteiger partial charge in [0, 0.05) is 30.7 Å². The third-order valence-corrected chi connectivity index (χ3v) is 16.1. The van der Waals surface area contributed by atoms with Crippen LogP contribution in [0.2, 0.25) is 38.3 Å². The van der Waals surface area contributed by atoms with Gasteiger partial charge >= 0.3 is 11.9 Å². The monoisotopic (exact) mass is 661 g/mol. The summed E-state index contributed by atoms with van der Waals surface area (Å²) in [6.07, 6.45) is 6.87. The van der Waals surface area contributed by atoms with Crippen LogP contribution in [-0.2, 0) is 23.2 Å². The van der Waals surface area contributed by atoms with Crippen LogP contribution in [0.15, 0.2) is 0 Å². The number of nitrogens with one attached hydrogen (secondary N) is 4. The van der Waals surface area contributed by atoms with Crippen molar-refractivity contribution < 1.29 is 23.2 Å². The summed E-state index contributed by atoms with van der Waals surface area (Å²) in [5, 5.41) is 13.5. The average Bonchev–Trinajstić information content (AvgIpc) is 2.96. The lowest BCUT2D eigenvalue weighted by Crippen LogP contribution is -2.44. The quantitative estimate of drug-likeness (QED) is 0.0503. The zero-order valence-corrected chi connectivity index (χ0v) is 32.7. The van der Waals surface area contributed by atoms with Gasteiger partial charge in [-0.15, -0.1) is 0 Å². The van der Waals surface area contributed by atoms with E-state index in [1.54, 1.807) is 0 Å². The van der Waals surface area contributed by atoms with Gasteiger partial charge in [-0.1, -0.05) is 13.8 Å². The van der Waals surface area contributed by atoms with Gasteiger partial charge in [-0.25, -0.2) is 0 Å². The maximum Gasteiger partial charge on any atom is 0.309 e. The van der Waals surface area contributed by atoms with E-state index in [2.05, 4.69) is 75.2 Å². The van der Waals surface area contributed by atoms with Crippen LogP contribution in [0.5, 0.6) is 0 Å². The van der Waals surface area contributed by atoms with Gasteiger partial charge in [-0.05, 0) is 132 Å². The van der Waals surface area contributed by atoms with Crippen molar-refractivity contribution in [2.75, 3.05) is 40.4 Å². The molecule has 0 bridgehead atoms. The Morgan fingerprint density at radius 2 is 1.00 bits per heavy atom. The van der Waals surface area contributed by atoms with Gasteiger partial charge in [-0.3, -0.25) is 9.59 Å². The second-order valence-corrected chi connectivity index (χ2v) is 23.3. The molecule has 0 aromatic heterocycles. The lowest BCUT2D eigenvalue weighted by molar-refractivity contribution is -0.148. The topological polar surface area (TPSA) is 110 Å². The summed E-state index contributed by atoms with van der Waals surface area (Å²) >= 11 is 0. The van der Waals surface area contributed by atoms with Gasteiger partial charge in [0.2, 0.25) is 0 Å². The standard InChI is InChI=1S/C33H72N4O5Si2/c1-26(19-20-36-30(5)17-15-28(3)34-7)32(38)40-21-13-23-43(9,10)42-44(11,12)24-14-22-41-33(39)27(2)25-37-31(6)18-16-29(4)35-8/h26-31,34-37H,13-25H2,1-12H3. The molecule has 0 spiro atoms.